The molecule has 1 aromatic rings. The second-order valence-electron chi connectivity index (χ2n) is 6.65. The standard InChI is InChI=1S/C18H26N2O3/c1-23-12-13-5-7-14(8-6-13)18(22)19-16-3-2-4-17(16)20-10-9-15(21)11-20/h5-8,15-17,21H,2-4,9-12H2,1H3,(H,19,22)/t15?,16-,17+/m1/s1. The predicted molar refractivity (Wildman–Crippen MR) is 88.2 cm³/mol. The lowest BCUT2D eigenvalue weighted by Crippen LogP contribution is -2.48. The zero-order valence-electron chi connectivity index (χ0n) is 13.7. The van der Waals surface area contributed by atoms with Gasteiger partial charge in [0, 0.05) is 37.8 Å². The number of amides is 1. The number of rotatable bonds is 5. The van der Waals surface area contributed by atoms with E-state index in [9.17, 15) is 9.90 Å². The molecule has 2 fully saturated rings. The van der Waals surface area contributed by atoms with Gasteiger partial charge in [-0.15, -0.1) is 0 Å². The zero-order valence-corrected chi connectivity index (χ0v) is 13.7. The Morgan fingerprint density at radius 1 is 1.30 bits per heavy atom. The van der Waals surface area contributed by atoms with Gasteiger partial charge in [-0.3, -0.25) is 9.69 Å². The first kappa shape index (κ1) is 16.4. The summed E-state index contributed by atoms with van der Waals surface area (Å²) >= 11 is 0. The normalized spacial score (nSPS) is 28.2. The summed E-state index contributed by atoms with van der Waals surface area (Å²) in [5.74, 6) is -0.00869. The monoisotopic (exact) mass is 318 g/mol. The highest BCUT2D eigenvalue weighted by Crippen LogP contribution is 2.27. The Bertz CT molecular complexity index is 532. The summed E-state index contributed by atoms with van der Waals surface area (Å²) in [6.45, 7) is 2.23. The summed E-state index contributed by atoms with van der Waals surface area (Å²) in [4.78, 5) is 14.8. The van der Waals surface area contributed by atoms with Gasteiger partial charge in [-0.2, -0.15) is 0 Å². The predicted octanol–water partition coefficient (Wildman–Crippen LogP) is 1.55. The average molecular weight is 318 g/mol. The van der Waals surface area contributed by atoms with Gasteiger partial charge in [0.25, 0.3) is 5.91 Å². The van der Waals surface area contributed by atoms with Crippen LogP contribution in [0.1, 0.15) is 41.6 Å². The SMILES string of the molecule is COCc1ccc(C(=O)N[C@@H]2CCC[C@@H]2N2CCC(O)C2)cc1. The van der Waals surface area contributed by atoms with Crippen LogP contribution in [0.2, 0.25) is 0 Å². The average Bonchev–Trinajstić information content (AvgIpc) is 3.17. The number of ether oxygens (including phenoxy) is 1. The highest BCUT2D eigenvalue weighted by Gasteiger charge is 2.36. The van der Waals surface area contributed by atoms with E-state index in [1.807, 2.05) is 24.3 Å². The number of nitrogens with one attached hydrogen (secondary N) is 1. The lowest BCUT2D eigenvalue weighted by atomic mass is 10.1. The summed E-state index contributed by atoms with van der Waals surface area (Å²) in [7, 11) is 1.66. The molecule has 3 atom stereocenters. The summed E-state index contributed by atoms with van der Waals surface area (Å²) < 4.78 is 5.09. The van der Waals surface area contributed by atoms with E-state index in [4.69, 9.17) is 4.74 Å². The summed E-state index contributed by atoms with van der Waals surface area (Å²) in [6, 6.07) is 8.12. The van der Waals surface area contributed by atoms with Crippen molar-refractivity contribution in [3.63, 3.8) is 0 Å². The lowest BCUT2D eigenvalue weighted by Gasteiger charge is -2.29. The van der Waals surface area contributed by atoms with Gasteiger partial charge in [-0.1, -0.05) is 12.1 Å². The molecule has 0 aromatic heterocycles. The molecule has 1 aromatic carbocycles. The van der Waals surface area contributed by atoms with Gasteiger partial charge in [-0.05, 0) is 43.4 Å². The first-order valence-corrected chi connectivity index (χ1v) is 8.48. The third kappa shape index (κ3) is 3.91. The molecule has 23 heavy (non-hydrogen) atoms. The molecule has 1 unspecified atom stereocenters. The largest absolute Gasteiger partial charge is 0.392 e. The van der Waals surface area contributed by atoms with E-state index in [1.165, 1.54) is 0 Å². The Morgan fingerprint density at radius 3 is 2.74 bits per heavy atom. The van der Waals surface area contributed by atoms with Gasteiger partial charge in [0.1, 0.15) is 0 Å². The van der Waals surface area contributed by atoms with Gasteiger partial charge in [-0.25, -0.2) is 0 Å². The molecule has 2 N–H and O–H groups in total. The molecule has 1 aliphatic heterocycles. The van der Waals surface area contributed by atoms with Crippen molar-refractivity contribution < 1.29 is 14.6 Å². The summed E-state index contributed by atoms with van der Waals surface area (Å²) in [5.41, 5.74) is 1.76. The summed E-state index contributed by atoms with van der Waals surface area (Å²) in [5, 5.41) is 12.9. The highest BCUT2D eigenvalue weighted by atomic mass is 16.5. The zero-order chi connectivity index (χ0) is 16.2. The number of hydrogen-bond acceptors (Lipinski definition) is 4. The molecular weight excluding hydrogens is 292 g/mol. The molecule has 1 amide bonds. The molecule has 0 radical (unpaired) electrons. The van der Waals surface area contributed by atoms with Gasteiger partial charge in [0.05, 0.1) is 12.7 Å². The molecule has 1 aliphatic carbocycles. The third-order valence-corrected chi connectivity index (χ3v) is 4.99. The topological polar surface area (TPSA) is 61.8 Å². The second-order valence-corrected chi connectivity index (χ2v) is 6.65. The Labute approximate surface area is 137 Å². The van der Waals surface area contributed by atoms with Crippen LogP contribution in [0.15, 0.2) is 24.3 Å². The van der Waals surface area contributed by atoms with Gasteiger partial charge in [0.2, 0.25) is 0 Å². The van der Waals surface area contributed by atoms with Crippen LogP contribution >= 0.6 is 0 Å². The Morgan fingerprint density at radius 2 is 2.09 bits per heavy atom. The number of β-amino-alcohol motifs (C(OH)–C–C–N with tert-alkyl or cyclic N) is 1. The number of likely N-dealkylation sites (tertiary alicyclic amines) is 1. The van der Waals surface area contributed by atoms with Crippen molar-refractivity contribution in [2.45, 2.75) is 50.5 Å². The minimum Gasteiger partial charge on any atom is -0.392 e. The fraction of sp³-hybridized carbons (Fsp3) is 0.611. The van der Waals surface area contributed by atoms with Crippen LogP contribution < -0.4 is 5.32 Å². The maximum Gasteiger partial charge on any atom is 0.251 e. The number of carbonyl (C=O) groups excluding carboxylic acids is 1. The molecule has 1 heterocycles. The van der Waals surface area contributed by atoms with Crippen molar-refractivity contribution >= 4 is 5.91 Å². The molecule has 0 spiro atoms. The van der Waals surface area contributed by atoms with Crippen LogP contribution in [0.5, 0.6) is 0 Å². The van der Waals surface area contributed by atoms with Crippen molar-refractivity contribution in [1.29, 1.82) is 0 Å². The maximum absolute atomic E-state index is 12.5. The first-order chi connectivity index (χ1) is 11.2. The second kappa shape index (κ2) is 7.43. The Hall–Kier alpha value is -1.43. The highest BCUT2D eigenvalue weighted by molar-refractivity contribution is 5.94. The minimum atomic E-state index is -0.208. The minimum absolute atomic E-state index is 0.00869. The number of nitrogens with zero attached hydrogens (tertiary/aromatic N) is 1. The van der Waals surface area contributed by atoms with E-state index in [2.05, 4.69) is 10.2 Å². The Balaban J connectivity index is 1.60. The number of benzene rings is 1. The van der Waals surface area contributed by atoms with Crippen molar-refractivity contribution in [3.05, 3.63) is 35.4 Å². The molecule has 1 saturated heterocycles. The van der Waals surface area contributed by atoms with Crippen LogP contribution in [0, 0.1) is 0 Å². The van der Waals surface area contributed by atoms with Gasteiger partial charge in [0.15, 0.2) is 0 Å². The van der Waals surface area contributed by atoms with Crippen molar-refractivity contribution in [2.24, 2.45) is 0 Å². The van der Waals surface area contributed by atoms with E-state index in [0.717, 1.165) is 44.3 Å². The molecule has 5 heteroatoms. The van der Waals surface area contributed by atoms with Crippen molar-refractivity contribution in [1.82, 2.24) is 10.2 Å². The van der Waals surface area contributed by atoms with Gasteiger partial charge < -0.3 is 15.2 Å². The van der Waals surface area contributed by atoms with Crippen LogP contribution in [0.3, 0.4) is 0 Å². The van der Waals surface area contributed by atoms with E-state index >= 15 is 0 Å². The summed E-state index contributed by atoms with van der Waals surface area (Å²) in [6.07, 6.45) is 3.89. The quantitative estimate of drug-likeness (QED) is 0.865. The molecule has 1 saturated carbocycles. The van der Waals surface area contributed by atoms with Crippen molar-refractivity contribution in [2.75, 3.05) is 20.2 Å². The molecule has 126 valence electrons. The van der Waals surface area contributed by atoms with Crippen LogP contribution in [0.25, 0.3) is 0 Å². The molecule has 0 bridgehead atoms. The maximum atomic E-state index is 12.5. The van der Waals surface area contributed by atoms with Crippen molar-refractivity contribution in [3.8, 4) is 0 Å². The van der Waals surface area contributed by atoms with Crippen LogP contribution in [-0.2, 0) is 11.3 Å². The van der Waals surface area contributed by atoms with E-state index in [0.29, 0.717) is 18.2 Å². The lowest BCUT2D eigenvalue weighted by molar-refractivity contribution is 0.0905. The fourth-order valence-electron chi connectivity index (χ4n) is 3.79. The number of aliphatic hydroxyl groups excluding tert-OH is 1. The molecular formula is C18H26N2O3. The molecule has 3 rings (SSSR count). The fourth-order valence-corrected chi connectivity index (χ4v) is 3.79. The number of hydrogen-bond donors (Lipinski definition) is 2. The number of carbonyl (C=O) groups is 1. The number of methoxy groups -OCH3 is 1. The first-order valence-electron chi connectivity index (χ1n) is 8.48. The Kier molecular flexibility index (Phi) is 5.30. The van der Waals surface area contributed by atoms with Crippen LogP contribution in [-0.4, -0.2) is 54.3 Å². The molecule has 5 nitrogen and oxygen atoms in total. The molecule has 2 aliphatic rings. The third-order valence-electron chi connectivity index (χ3n) is 4.99. The number of aliphatic hydroxyl groups is 1. The van der Waals surface area contributed by atoms with E-state index in [-0.39, 0.29) is 18.1 Å². The van der Waals surface area contributed by atoms with Crippen LogP contribution in [0.4, 0.5) is 0 Å². The van der Waals surface area contributed by atoms with E-state index in [1.54, 1.807) is 7.11 Å². The van der Waals surface area contributed by atoms with Gasteiger partial charge >= 0.3 is 0 Å². The van der Waals surface area contributed by atoms with E-state index < -0.39 is 0 Å². The smallest absolute Gasteiger partial charge is 0.251 e.